The normalized spacial score (nSPS) is 38.7. The Bertz CT molecular complexity index is 380. The van der Waals surface area contributed by atoms with Crippen LogP contribution in [-0.4, -0.2) is 54.5 Å². The van der Waals surface area contributed by atoms with E-state index in [2.05, 4.69) is 23.6 Å². The highest BCUT2D eigenvalue weighted by atomic mass is 16.2. The minimum absolute atomic E-state index is 0.135. The number of likely N-dealkylation sites (tertiary alicyclic amines) is 1. The Kier molecular flexibility index (Phi) is 4.55. The maximum Gasteiger partial charge on any atom is 0.227 e. The van der Waals surface area contributed by atoms with Crippen molar-refractivity contribution >= 4 is 5.91 Å². The van der Waals surface area contributed by atoms with Crippen LogP contribution < -0.4 is 5.73 Å². The molecule has 4 nitrogen and oxygen atoms in total. The molecule has 5 atom stereocenters. The van der Waals surface area contributed by atoms with Crippen molar-refractivity contribution in [1.29, 1.82) is 0 Å². The van der Waals surface area contributed by atoms with Crippen molar-refractivity contribution in [3.8, 4) is 0 Å². The van der Waals surface area contributed by atoms with Crippen molar-refractivity contribution in [1.82, 2.24) is 9.80 Å². The van der Waals surface area contributed by atoms with Crippen LogP contribution in [0.1, 0.15) is 39.5 Å². The summed E-state index contributed by atoms with van der Waals surface area (Å²) in [6, 6.07) is 0.137. The van der Waals surface area contributed by atoms with Gasteiger partial charge in [0.1, 0.15) is 0 Å². The predicted octanol–water partition coefficient (Wildman–Crippen LogP) is 1.55. The number of amides is 1. The van der Waals surface area contributed by atoms with E-state index in [0.29, 0.717) is 23.7 Å². The topological polar surface area (TPSA) is 49.6 Å². The molecule has 1 aliphatic heterocycles. The number of carbonyl (C=O) groups is 1. The average Bonchev–Trinajstić information content (AvgIpc) is 3.19. The lowest BCUT2D eigenvalue weighted by Crippen LogP contribution is -2.46. The van der Waals surface area contributed by atoms with Gasteiger partial charge < -0.3 is 15.5 Å². The molecule has 2 bridgehead atoms. The summed E-state index contributed by atoms with van der Waals surface area (Å²) in [7, 11) is 0. The number of carbonyl (C=O) groups excluding carboxylic acids is 1. The second-order valence-electron chi connectivity index (χ2n) is 7.36. The second kappa shape index (κ2) is 6.25. The van der Waals surface area contributed by atoms with E-state index in [9.17, 15) is 4.79 Å². The summed E-state index contributed by atoms with van der Waals surface area (Å²) < 4.78 is 0. The van der Waals surface area contributed by atoms with E-state index in [0.717, 1.165) is 39.1 Å². The van der Waals surface area contributed by atoms with Gasteiger partial charge >= 0.3 is 0 Å². The first kappa shape index (κ1) is 15.3. The smallest absolute Gasteiger partial charge is 0.227 e. The fraction of sp³-hybridized carbons (Fsp3) is 0.941. The van der Waals surface area contributed by atoms with Crippen LogP contribution in [0.3, 0.4) is 0 Å². The van der Waals surface area contributed by atoms with Gasteiger partial charge in [-0.3, -0.25) is 4.79 Å². The fourth-order valence-corrected chi connectivity index (χ4v) is 4.94. The number of hydrogen-bond acceptors (Lipinski definition) is 3. The standard InChI is InChI=1S/C17H31N3O/c1-3-19(4-2)10-12-7-8-20(11-12)17(21)15-13-5-6-14(9-13)16(15)18/h12-16H,3-11,18H2,1-2H3. The van der Waals surface area contributed by atoms with E-state index in [1.54, 1.807) is 0 Å². The molecule has 0 aromatic rings. The first-order chi connectivity index (χ1) is 10.1. The van der Waals surface area contributed by atoms with E-state index in [1.165, 1.54) is 19.3 Å². The van der Waals surface area contributed by atoms with Crippen LogP contribution in [-0.2, 0) is 4.79 Å². The molecule has 1 heterocycles. The molecule has 3 rings (SSSR count). The summed E-state index contributed by atoms with van der Waals surface area (Å²) >= 11 is 0. The lowest BCUT2D eigenvalue weighted by molar-refractivity contribution is -0.136. The zero-order chi connectivity index (χ0) is 15.0. The van der Waals surface area contributed by atoms with Crippen LogP contribution in [0.2, 0.25) is 0 Å². The van der Waals surface area contributed by atoms with Gasteiger partial charge in [-0.15, -0.1) is 0 Å². The number of rotatable bonds is 5. The Morgan fingerprint density at radius 3 is 2.52 bits per heavy atom. The summed E-state index contributed by atoms with van der Waals surface area (Å²) in [5, 5.41) is 0. The third-order valence-electron chi connectivity index (χ3n) is 6.27. The Balaban J connectivity index is 1.55. The van der Waals surface area contributed by atoms with E-state index < -0.39 is 0 Å². The highest BCUT2D eigenvalue weighted by Crippen LogP contribution is 2.48. The molecule has 0 radical (unpaired) electrons. The molecule has 3 fully saturated rings. The van der Waals surface area contributed by atoms with Crippen LogP contribution in [0, 0.1) is 23.7 Å². The molecular formula is C17H31N3O. The Morgan fingerprint density at radius 1 is 1.19 bits per heavy atom. The van der Waals surface area contributed by atoms with Gasteiger partial charge in [-0.1, -0.05) is 13.8 Å². The van der Waals surface area contributed by atoms with Crippen molar-refractivity contribution in [3.63, 3.8) is 0 Å². The largest absolute Gasteiger partial charge is 0.342 e. The predicted molar refractivity (Wildman–Crippen MR) is 84.8 cm³/mol. The number of nitrogens with two attached hydrogens (primary N) is 1. The number of fused-ring (bicyclic) bond motifs is 2. The quantitative estimate of drug-likeness (QED) is 0.837. The second-order valence-corrected chi connectivity index (χ2v) is 7.36. The van der Waals surface area contributed by atoms with Crippen molar-refractivity contribution in [2.24, 2.45) is 29.4 Å². The number of nitrogens with zero attached hydrogens (tertiary/aromatic N) is 2. The maximum absolute atomic E-state index is 12.9. The summed E-state index contributed by atoms with van der Waals surface area (Å²) in [5.41, 5.74) is 6.34. The van der Waals surface area contributed by atoms with Crippen LogP contribution in [0.15, 0.2) is 0 Å². The molecule has 21 heavy (non-hydrogen) atoms. The first-order valence-corrected chi connectivity index (χ1v) is 8.90. The van der Waals surface area contributed by atoms with Crippen molar-refractivity contribution in [2.45, 2.75) is 45.6 Å². The van der Waals surface area contributed by atoms with Gasteiger partial charge in [-0.05, 0) is 56.5 Å². The van der Waals surface area contributed by atoms with E-state index >= 15 is 0 Å². The monoisotopic (exact) mass is 293 g/mol. The SMILES string of the molecule is CCN(CC)CC1CCN(C(=O)C2C3CCC(C3)C2N)C1. The Morgan fingerprint density at radius 2 is 1.90 bits per heavy atom. The molecule has 4 heteroatoms. The number of hydrogen-bond donors (Lipinski definition) is 1. The van der Waals surface area contributed by atoms with Gasteiger partial charge in [0.2, 0.25) is 5.91 Å². The molecule has 2 aliphatic carbocycles. The van der Waals surface area contributed by atoms with Gasteiger partial charge in [-0.25, -0.2) is 0 Å². The molecule has 1 saturated heterocycles. The van der Waals surface area contributed by atoms with Crippen LogP contribution >= 0.6 is 0 Å². The van der Waals surface area contributed by atoms with Gasteiger partial charge in [-0.2, -0.15) is 0 Å². The first-order valence-electron chi connectivity index (χ1n) is 8.90. The summed E-state index contributed by atoms with van der Waals surface area (Å²) in [4.78, 5) is 17.4. The zero-order valence-electron chi connectivity index (χ0n) is 13.6. The van der Waals surface area contributed by atoms with Crippen LogP contribution in [0.25, 0.3) is 0 Å². The molecule has 5 unspecified atom stereocenters. The molecule has 120 valence electrons. The van der Waals surface area contributed by atoms with E-state index in [1.807, 2.05) is 0 Å². The molecule has 2 saturated carbocycles. The Labute approximate surface area is 129 Å². The van der Waals surface area contributed by atoms with Crippen LogP contribution in [0.4, 0.5) is 0 Å². The van der Waals surface area contributed by atoms with Crippen molar-refractivity contribution in [2.75, 3.05) is 32.7 Å². The van der Waals surface area contributed by atoms with Gasteiger partial charge in [0.15, 0.2) is 0 Å². The zero-order valence-corrected chi connectivity index (χ0v) is 13.6. The highest BCUT2D eigenvalue weighted by Gasteiger charge is 2.50. The maximum atomic E-state index is 12.9. The summed E-state index contributed by atoms with van der Waals surface area (Å²) in [6.07, 6.45) is 4.85. The van der Waals surface area contributed by atoms with Gasteiger partial charge in [0.25, 0.3) is 0 Å². The van der Waals surface area contributed by atoms with Crippen molar-refractivity contribution in [3.05, 3.63) is 0 Å². The minimum Gasteiger partial charge on any atom is -0.342 e. The lowest BCUT2D eigenvalue weighted by Gasteiger charge is -2.31. The molecule has 3 aliphatic rings. The highest BCUT2D eigenvalue weighted by molar-refractivity contribution is 5.81. The molecule has 0 aromatic carbocycles. The van der Waals surface area contributed by atoms with E-state index in [4.69, 9.17) is 5.73 Å². The van der Waals surface area contributed by atoms with Crippen LogP contribution in [0.5, 0.6) is 0 Å². The summed E-state index contributed by atoms with van der Waals surface area (Å²) in [6.45, 7) is 9.70. The Hall–Kier alpha value is -0.610. The minimum atomic E-state index is 0.135. The lowest BCUT2D eigenvalue weighted by atomic mass is 9.84. The molecule has 0 aromatic heterocycles. The van der Waals surface area contributed by atoms with Gasteiger partial charge in [0.05, 0.1) is 5.92 Å². The average molecular weight is 293 g/mol. The molecular weight excluding hydrogens is 262 g/mol. The molecule has 2 N–H and O–H groups in total. The third kappa shape index (κ3) is 2.85. The summed E-state index contributed by atoms with van der Waals surface area (Å²) in [5.74, 6) is 2.37. The van der Waals surface area contributed by atoms with E-state index in [-0.39, 0.29) is 12.0 Å². The molecule has 0 spiro atoms. The molecule has 1 amide bonds. The fourth-order valence-electron chi connectivity index (χ4n) is 4.94. The third-order valence-corrected chi connectivity index (χ3v) is 6.27. The van der Waals surface area contributed by atoms with Gasteiger partial charge in [0, 0.05) is 25.7 Å². The van der Waals surface area contributed by atoms with Crippen molar-refractivity contribution < 1.29 is 4.79 Å².